The molecule has 31 heavy (non-hydrogen) atoms. The van der Waals surface area contributed by atoms with E-state index in [9.17, 15) is 4.79 Å². The molecule has 5 aliphatic rings. The van der Waals surface area contributed by atoms with E-state index in [0.717, 1.165) is 30.6 Å². The number of fused-ring (bicyclic) bond motifs is 7. The van der Waals surface area contributed by atoms with Crippen LogP contribution in [-0.2, 0) is 4.79 Å². The van der Waals surface area contributed by atoms with Crippen LogP contribution in [0.25, 0.3) is 0 Å². The molecule has 0 heterocycles. The molecule has 5 fully saturated rings. The van der Waals surface area contributed by atoms with Gasteiger partial charge in [0.05, 0.1) is 0 Å². The number of carbonyl (C=O) groups excluding carboxylic acids is 1. The first-order valence-corrected chi connectivity index (χ1v) is 13.7. The average Bonchev–Trinajstić information content (AvgIpc) is 2.69. The third-order valence-electron chi connectivity index (χ3n) is 13.7. The van der Waals surface area contributed by atoms with Crippen LogP contribution in [0.5, 0.6) is 0 Å². The molecule has 0 N–H and O–H groups in total. The Morgan fingerprint density at radius 2 is 1.26 bits per heavy atom. The quantitative estimate of drug-likeness (QED) is 0.379. The second-order valence-corrected chi connectivity index (χ2v) is 15.3. The zero-order chi connectivity index (χ0) is 22.7. The minimum atomic E-state index is 0.237. The molecule has 176 valence electrons. The first-order chi connectivity index (χ1) is 14.2. The van der Waals surface area contributed by atoms with Crippen molar-refractivity contribution in [2.45, 2.75) is 126 Å². The van der Waals surface area contributed by atoms with E-state index in [2.05, 4.69) is 55.4 Å². The fourth-order valence-electron chi connectivity index (χ4n) is 11.2. The topological polar surface area (TPSA) is 17.1 Å². The summed E-state index contributed by atoms with van der Waals surface area (Å²) in [6, 6.07) is 0. The zero-order valence-corrected chi connectivity index (χ0v) is 22.0. The third kappa shape index (κ3) is 2.70. The number of carbonyl (C=O) groups is 1. The lowest BCUT2D eigenvalue weighted by Gasteiger charge is -2.74. The molecule has 0 radical (unpaired) electrons. The van der Waals surface area contributed by atoms with Crippen molar-refractivity contribution in [3.8, 4) is 0 Å². The number of hydrogen-bond acceptors (Lipinski definition) is 1. The van der Waals surface area contributed by atoms with Crippen molar-refractivity contribution in [2.24, 2.45) is 56.2 Å². The van der Waals surface area contributed by atoms with Gasteiger partial charge in [0, 0.05) is 12.3 Å². The summed E-state index contributed by atoms with van der Waals surface area (Å²) in [6.07, 6.45) is 14.6. The van der Waals surface area contributed by atoms with Crippen molar-refractivity contribution in [1.29, 1.82) is 0 Å². The minimum absolute atomic E-state index is 0.237. The van der Waals surface area contributed by atoms with Gasteiger partial charge in [-0.15, -0.1) is 0 Å². The SMILES string of the molecule is C[C@@H]1C(=O)CC[C@@H]2[C@]1(C)CC[C@@H]1[C@]2(C)CC[C@@]2(C)[C@H]3CC(C)(C)CC[C@]3(C)CC[C@]12C. The van der Waals surface area contributed by atoms with Crippen LogP contribution >= 0.6 is 0 Å². The summed E-state index contributed by atoms with van der Waals surface area (Å²) < 4.78 is 0. The Balaban J connectivity index is 1.55. The fraction of sp³-hybridized carbons (Fsp3) is 0.967. The molecule has 0 bridgehead atoms. The van der Waals surface area contributed by atoms with Crippen LogP contribution in [0.15, 0.2) is 0 Å². The molecular formula is C30H50O. The Hall–Kier alpha value is -0.330. The summed E-state index contributed by atoms with van der Waals surface area (Å²) in [5.41, 5.74) is 2.67. The highest BCUT2D eigenvalue weighted by molar-refractivity contribution is 5.82. The van der Waals surface area contributed by atoms with Crippen LogP contribution < -0.4 is 0 Å². The predicted molar refractivity (Wildman–Crippen MR) is 130 cm³/mol. The van der Waals surface area contributed by atoms with Gasteiger partial charge in [0.2, 0.25) is 0 Å². The Bertz CT molecular complexity index is 781. The van der Waals surface area contributed by atoms with Crippen molar-refractivity contribution in [3.05, 3.63) is 0 Å². The van der Waals surface area contributed by atoms with Crippen molar-refractivity contribution in [1.82, 2.24) is 0 Å². The van der Waals surface area contributed by atoms with Gasteiger partial charge in [-0.3, -0.25) is 4.79 Å². The van der Waals surface area contributed by atoms with Gasteiger partial charge in [-0.2, -0.15) is 0 Å². The maximum Gasteiger partial charge on any atom is 0.136 e. The molecule has 0 aromatic heterocycles. The molecule has 0 saturated heterocycles. The van der Waals surface area contributed by atoms with Gasteiger partial charge in [-0.25, -0.2) is 0 Å². The number of rotatable bonds is 0. The third-order valence-corrected chi connectivity index (χ3v) is 13.7. The molecule has 0 unspecified atom stereocenters. The molecule has 0 aromatic carbocycles. The Morgan fingerprint density at radius 3 is 1.97 bits per heavy atom. The molecule has 0 aliphatic heterocycles. The van der Waals surface area contributed by atoms with Crippen LogP contribution in [0.4, 0.5) is 0 Å². The van der Waals surface area contributed by atoms with E-state index in [1.54, 1.807) is 0 Å². The van der Waals surface area contributed by atoms with Crippen LogP contribution in [0.3, 0.4) is 0 Å². The summed E-state index contributed by atoms with van der Waals surface area (Å²) in [6.45, 7) is 20.7. The summed E-state index contributed by atoms with van der Waals surface area (Å²) in [5, 5.41) is 0. The lowest BCUT2D eigenvalue weighted by molar-refractivity contribution is -0.256. The van der Waals surface area contributed by atoms with Gasteiger partial charge in [0.15, 0.2) is 0 Å². The predicted octanol–water partition coefficient (Wildman–Crippen LogP) is 8.46. The number of ketones is 1. The van der Waals surface area contributed by atoms with Crippen LogP contribution in [0.2, 0.25) is 0 Å². The van der Waals surface area contributed by atoms with Gasteiger partial charge in [0.1, 0.15) is 5.78 Å². The van der Waals surface area contributed by atoms with Crippen molar-refractivity contribution >= 4 is 5.78 Å². The Labute approximate surface area is 192 Å². The van der Waals surface area contributed by atoms with E-state index >= 15 is 0 Å². The number of Topliss-reactive ketones (excluding diaryl/α,β-unsaturated/α-hetero) is 1. The van der Waals surface area contributed by atoms with E-state index in [1.165, 1.54) is 57.8 Å². The van der Waals surface area contributed by atoms with Crippen molar-refractivity contribution in [3.63, 3.8) is 0 Å². The molecular weight excluding hydrogens is 376 g/mol. The Kier molecular flexibility index (Phi) is 4.65. The van der Waals surface area contributed by atoms with Gasteiger partial charge in [-0.1, -0.05) is 55.4 Å². The highest BCUT2D eigenvalue weighted by atomic mass is 16.1. The molecule has 0 spiro atoms. The summed E-state index contributed by atoms with van der Waals surface area (Å²) >= 11 is 0. The molecule has 1 nitrogen and oxygen atoms in total. The smallest absolute Gasteiger partial charge is 0.136 e. The normalized spacial score (nSPS) is 58.5. The van der Waals surface area contributed by atoms with E-state index in [-0.39, 0.29) is 11.3 Å². The van der Waals surface area contributed by atoms with E-state index in [0.29, 0.717) is 32.9 Å². The maximum absolute atomic E-state index is 12.7. The standard InChI is InChI=1S/C30H50O/c1-20-21(31)9-10-22-27(20,5)12-11-23-28(22,6)16-18-30(8)24-19-25(2,3)13-14-26(24,4)15-17-29(23,30)7/h20,22-24H,9-19H2,1-8H3/t20-,22-,23-,24+,26-,27-,28-,29-,30+/m1/s1. The Morgan fingerprint density at radius 1 is 0.645 bits per heavy atom. The zero-order valence-electron chi connectivity index (χ0n) is 22.0. The highest BCUT2D eigenvalue weighted by Gasteiger charge is 2.70. The molecule has 9 atom stereocenters. The average molecular weight is 427 g/mol. The molecule has 0 amide bonds. The summed E-state index contributed by atoms with van der Waals surface area (Å²) in [5.74, 6) is 3.27. The summed E-state index contributed by atoms with van der Waals surface area (Å²) in [7, 11) is 0. The fourth-order valence-corrected chi connectivity index (χ4v) is 11.2. The van der Waals surface area contributed by atoms with Gasteiger partial charge in [0.25, 0.3) is 0 Å². The monoisotopic (exact) mass is 426 g/mol. The second-order valence-electron chi connectivity index (χ2n) is 15.3. The molecule has 5 saturated carbocycles. The maximum atomic E-state index is 12.7. The van der Waals surface area contributed by atoms with Crippen molar-refractivity contribution < 1.29 is 4.79 Å². The molecule has 5 rings (SSSR count). The van der Waals surface area contributed by atoms with E-state index in [4.69, 9.17) is 0 Å². The first kappa shape index (κ1) is 22.5. The largest absolute Gasteiger partial charge is 0.299 e. The van der Waals surface area contributed by atoms with Gasteiger partial charge in [-0.05, 0) is 114 Å². The summed E-state index contributed by atoms with van der Waals surface area (Å²) in [4.78, 5) is 12.7. The molecule has 5 aliphatic carbocycles. The molecule has 0 aromatic rings. The minimum Gasteiger partial charge on any atom is -0.299 e. The lowest BCUT2D eigenvalue weighted by Crippen LogP contribution is -2.67. The van der Waals surface area contributed by atoms with E-state index in [1.807, 2.05) is 0 Å². The van der Waals surface area contributed by atoms with Crippen LogP contribution in [-0.4, -0.2) is 5.78 Å². The second kappa shape index (κ2) is 6.41. The van der Waals surface area contributed by atoms with Crippen LogP contribution in [0.1, 0.15) is 126 Å². The van der Waals surface area contributed by atoms with Gasteiger partial charge >= 0.3 is 0 Å². The molecule has 1 heteroatoms. The van der Waals surface area contributed by atoms with Gasteiger partial charge < -0.3 is 0 Å². The van der Waals surface area contributed by atoms with E-state index < -0.39 is 0 Å². The lowest BCUT2D eigenvalue weighted by atomic mass is 9.30. The first-order valence-electron chi connectivity index (χ1n) is 13.7. The number of hydrogen-bond donors (Lipinski definition) is 0. The van der Waals surface area contributed by atoms with Crippen LogP contribution in [0, 0.1) is 56.2 Å². The van der Waals surface area contributed by atoms with Crippen molar-refractivity contribution in [2.75, 3.05) is 0 Å². The highest BCUT2D eigenvalue weighted by Crippen LogP contribution is 2.78.